The van der Waals surface area contributed by atoms with E-state index in [1.165, 1.54) is 6.07 Å². The Morgan fingerprint density at radius 1 is 1.32 bits per heavy atom. The van der Waals surface area contributed by atoms with Gasteiger partial charge in [-0.3, -0.25) is 0 Å². The largest absolute Gasteiger partial charge is 0.470 e. The molecule has 0 spiro atoms. The molecular formula is C17H27F2N3O3. The van der Waals surface area contributed by atoms with Gasteiger partial charge in [-0.05, 0) is 27.2 Å². The van der Waals surface area contributed by atoms with Crippen molar-refractivity contribution in [2.24, 2.45) is 4.99 Å². The molecule has 1 aromatic rings. The molecule has 0 aliphatic heterocycles. The van der Waals surface area contributed by atoms with E-state index in [0.717, 1.165) is 13.0 Å². The van der Waals surface area contributed by atoms with E-state index in [9.17, 15) is 8.78 Å². The minimum absolute atomic E-state index is 0.00759. The molecule has 0 aliphatic carbocycles. The highest BCUT2D eigenvalue weighted by Crippen LogP contribution is 2.33. The fourth-order valence-corrected chi connectivity index (χ4v) is 1.81. The van der Waals surface area contributed by atoms with Crippen LogP contribution in [0.15, 0.2) is 11.1 Å². The molecule has 0 saturated carbocycles. The van der Waals surface area contributed by atoms with Gasteiger partial charge in [-0.25, -0.2) is 9.98 Å². The van der Waals surface area contributed by atoms with Gasteiger partial charge in [-0.2, -0.15) is 8.78 Å². The maximum Gasteiger partial charge on any atom is 0.387 e. The lowest BCUT2D eigenvalue weighted by Gasteiger charge is -2.18. The first-order valence-corrected chi connectivity index (χ1v) is 8.32. The number of aliphatic imine (C=N–C) groups is 1. The van der Waals surface area contributed by atoms with Gasteiger partial charge in [0.2, 0.25) is 0 Å². The number of hydrogen-bond donors (Lipinski definition) is 0. The molecule has 0 amide bonds. The summed E-state index contributed by atoms with van der Waals surface area (Å²) < 4.78 is 41.0. The van der Waals surface area contributed by atoms with Crippen LogP contribution >= 0.6 is 0 Å². The summed E-state index contributed by atoms with van der Waals surface area (Å²) in [4.78, 5) is 10.3. The number of aromatic nitrogens is 1. The lowest BCUT2D eigenvalue weighted by molar-refractivity contribution is -0.0530. The molecule has 1 unspecified atom stereocenters. The third kappa shape index (κ3) is 7.64. The van der Waals surface area contributed by atoms with Crippen LogP contribution in [0.3, 0.4) is 0 Å². The second-order valence-corrected chi connectivity index (χ2v) is 5.60. The van der Waals surface area contributed by atoms with Gasteiger partial charge in [0.15, 0.2) is 5.75 Å². The molecule has 25 heavy (non-hydrogen) atoms. The summed E-state index contributed by atoms with van der Waals surface area (Å²) in [6.45, 7) is 6.22. The average Bonchev–Trinajstić information content (AvgIpc) is 2.55. The van der Waals surface area contributed by atoms with E-state index in [1.807, 2.05) is 25.8 Å². The second kappa shape index (κ2) is 10.8. The summed E-state index contributed by atoms with van der Waals surface area (Å²) >= 11 is 0. The van der Waals surface area contributed by atoms with Crippen molar-refractivity contribution in [3.05, 3.63) is 11.8 Å². The molecule has 142 valence electrons. The van der Waals surface area contributed by atoms with Crippen LogP contribution in [-0.2, 0) is 4.74 Å². The van der Waals surface area contributed by atoms with Crippen LogP contribution in [0.25, 0.3) is 0 Å². The van der Waals surface area contributed by atoms with Crippen LogP contribution in [0.2, 0.25) is 0 Å². The number of ether oxygens (including phenoxy) is 3. The maximum atomic E-state index is 12.7. The molecule has 0 N–H and O–H groups in total. The first-order chi connectivity index (χ1) is 11.9. The molecule has 6 nitrogen and oxygen atoms in total. The van der Waals surface area contributed by atoms with E-state index in [-0.39, 0.29) is 17.7 Å². The number of aryl methyl sites for hydroxylation is 1. The number of hydrogen-bond acceptors (Lipinski definition) is 5. The molecule has 1 aromatic heterocycles. The van der Waals surface area contributed by atoms with Gasteiger partial charge in [-0.15, -0.1) is 0 Å². The van der Waals surface area contributed by atoms with E-state index < -0.39 is 6.61 Å². The Kier molecular flexibility index (Phi) is 9.12. The molecule has 0 bridgehead atoms. The van der Waals surface area contributed by atoms with E-state index in [4.69, 9.17) is 9.47 Å². The zero-order valence-corrected chi connectivity index (χ0v) is 15.5. The Morgan fingerprint density at radius 3 is 2.64 bits per heavy atom. The van der Waals surface area contributed by atoms with Crippen LogP contribution < -0.4 is 9.47 Å². The molecule has 1 rings (SSSR count). The first-order valence-electron chi connectivity index (χ1n) is 8.32. The lowest BCUT2D eigenvalue weighted by Crippen LogP contribution is -2.21. The van der Waals surface area contributed by atoms with Gasteiger partial charge in [0, 0.05) is 26.3 Å². The summed E-state index contributed by atoms with van der Waals surface area (Å²) in [6, 6.07) is 1.41. The Balaban J connectivity index is 2.99. The Hall–Kier alpha value is -1.96. The number of pyridine rings is 1. The van der Waals surface area contributed by atoms with Crippen molar-refractivity contribution in [3.8, 4) is 11.6 Å². The van der Waals surface area contributed by atoms with Crippen molar-refractivity contribution in [1.82, 2.24) is 9.88 Å². The first kappa shape index (κ1) is 21.1. The molecule has 0 fully saturated rings. The quantitative estimate of drug-likeness (QED) is 0.342. The zero-order chi connectivity index (χ0) is 18.8. The molecule has 1 atom stereocenters. The zero-order valence-electron chi connectivity index (χ0n) is 15.5. The SMILES string of the molecule is CCCOCC(C)Oc1nc(C)c(/N=C/N(C)CC)cc1OC(F)F. The molecule has 0 radical (unpaired) electrons. The summed E-state index contributed by atoms with van der Waals surface area (Å²) in [6.07, 6.45) is 2.15. The second-order valence-electron chi connectivity index (χ2n) is 5.60. The van der Waals surface area contributed by atoms with Gasteiger partial charge >= 0.3 is 6.61 Å². The van der Waals surface area contributed by atoms with Crippen LogP contribution in [0, 0.1) is 6.92 Å². The highest BCUT2D eigenvalue weighted by atomic mass is 19.3. The lowest BCUT2D eigenvalue weighted by atomic mass is 10.3. The maximum absolute atomic E-state index is 12.7. The van der Waals surface area contributed by atoms with E-state index in [2.05, 4.69) is 14.7 Å². The Labute approximate surface area is 147 Å². The van der Waals surface area contributed by atoms with Crippen molar-refractivity contribution in [3.63, 3.8) is 0 Å². The van der Waals surface area contributed by atoms with Crippen LogP contribution in [0.1, 0.15) is 32.9 Å². The summed E-state index contributed by atoms with van der Waals surface area (Å²) in [5.74, 6) is -0.137. The summed E-state index contributed by atoms with van der Waals surface area (Å²) in [5, 5.41) is 0. The highest BCUT2D eigenvalue weighted by molar-refractivity contribution is 5.63. The molecule has 8 heteroatoms. The molecule has 0 aromatic carbocycles. The minimum atomic E-state index is -2.98. The molecule has 0 saturated heterocycles. The van der Waals surface area contributed by atoms with E-state index >= 15 is 0 Å². The average molecular weight is 359 g/mol. The van der Waals surface area contributed by atoms with Gasteiger partial charge in [0.25, 0.3) is 5.88 Å². The predicted molar refractivity (Wildman–Crippen MR) is 93.3 cm³/mol. The van der Waals surface area contributed by atoms with Crippen molar-refractivity contribution in [2.75, 3.05) is 26.8 Å². The van der Waals surface area contributed by atoms with Crippen LogP contribution in [0.4, 0.5) is 14.5 Å². The Morgan fingerprint density at radius 2 is 2.04 bits per heavy atom. The highest BCUT2D eigenvalue weighted by Gasteiger charge is 2.18. The monoisotopic (exact) mass is 359 g/mol. The molecular weight excluding hydrogens is 332 g/mol. The smallest absolute Gasteiger partial charge is 0.387 e. The van der Waals surface area contributed by atoms with Crippen molar-refractivity contribution in [2.45, 2.75) is 46.8 Å². The van der Waals surface area contributed by atoms with Gasteiger partial charge in [-0.1, -0.05) is 6.92 Å². The van der Waals surface area contributed by atoms with Crippen LogP contribution in [-0.4, -0.2) is 55.7 Å². The number of alkyl halides is 2. The normalized spacial score (nSPS) is 12.6. The number of nitrogens with zero attached hydrogens (tertiary/aromatic N) is 3. The van der Waals surface area contributed by atoms with Gasteiger partial charge in [0.05, 0.1) is 24.3 Å². The van der Waals surface area contributed by atoms with Crippen molar-refractivity contribution < 1.29 is 23.0 Å². The number of rotatable bonds is 11. The Bertz CT molecular complexity index is 556. The standard InChI is InChI=1S/C17H27F2N3O3/c1-6-8-23-10-12(3)24-16-15(25-17(18)19)9-14(13(4)21-16)20-11-22(5)7-2/h9,11-12,17H,6-8,10H2,1-5H3/b20-11+. The summed E-state index contributed by atoms with van der Waals surface area (Å²) in [5.41, 5.74) is 0.997. The van der Waals surface area contributed by atoms with Crippen molar-refractivity contribution in [1.29, 1.82) is 0 Å². The van der Waals surface area contributed by atoms with Gasteiger partial charge in [0.1, 0.15) is 6.10 Å². The third-order valence-corrected chi connectivity index (χ3v) is 3.24. The third-order valence-electron chi connectivity index (χ3n) is 3.24. The van der Waals surface area contributed by atoms with Gasteiger partial charge < -0.3 is 19.1 Å². The van der Waals surface area contributed by atoms with E-state index in [1.54, 1.807) is 20.2 Å². The fraction of sp³-hybridized carbons (Fsp3) is 0.647. The fourth-order valence-electron chi connectivity index (χ4n) is 1.81. The molecule has 0 aliphatic rings. The van der Waals surface area contributed by atoms with E-state index in [0.29, 0.717) is 24.6 Å². The van der Waals surface area contributed by atoms with Crippen molar-refractivity contribution >= 4 is 12.0 Å². The topological polar surface area (TPSA) is 56.2 Å². The summed E-state index contributed by atoms with van der Waals surface area (Å²) in [7, 11) is 1.86. The minimum Gasteiger partial charge on any atom is -0.470 e. The number of halogens is 2. The molecule has 1 heterocycles. The van der Waals surface area contributed by atoms with Crippen LogP contribution in [0.5, 0.6) is 11.6 Å². The predicted octanol–water partition coefficient (Wildman–Crippen LogP) is 3.80.